The molecule has 0 aliphatic carbocycles. The van der Waals surface area contributed by atoms with Crippen LogP contribution in [0.2, 0.25) is 0 Å². The molecule has 25 heavy (non-hydrogen) atoms. The Morgan fingerprint density at radius 3 is 2.64 bits per heavy atom. The zero-order chi connectivity index (χ0) is 17.5. The van der Waals surface area contributed by atoms with Crippen LogP contribution in [0.25, 0.3) is 6.08 Å². The van der Waals surface area contributed by atoms with E-state index in [9.17, 15) is 4.79 Å². The van der Waals surface area contributed by atoms with Crippen LogP contribution in [0.15, 0.2) is 34.2 Å². The molecule has 1 aromatic carbocycles. The van der Waals surface area contributed by atoms with Crippen molar-refractivity contribution in [3.8, 4) is 5.75 Å². The summed E-state index contributed by atoms with van der Waals surface area (Å²) in [5.41, 5.74) is 1.01. The molecule has 1 fully saturated rings. The molecule has 2 aliphatic rings. The molecule has 1 saturated heterocycles. The zero-order valence-electron chi connectivity index (χ0n) is 14.9. The van der Waals surface area contributed by atoms with Gasteiger partial charge in [-0.15, -0.1) is 0 Å². The van der Waals surface area contributed by atoms with E-state index < -0.39 is 0 Å². The Morgan fingerprint density at radius 1 is 1.16 bits per heavy atom. The molecule has 2 aliphatic heterocycles. The highest BCUT2D eigenvalue weighted by Gasteiger charge is 2.26. The molecule has 0 unspecified atom stereocenters. The summed E-state index contributed by atoms with van der Waals surface area (Å²) in [6.07, 6.45) is 9.06. The monoisotopic (exact) mass is 358 g/mol. The smallest absolute Gasteiger partial charge is 0.286 e. The topological polar surface area (TPSA) is 41.9 Å². The number of amidine groups is 1. The number of aliphatic imine (C=N–C) groups is 1. The third-order valence-corrected chi connectivity index (χ3v) is 5.47. The van der Waals surface area contributed by atoms with E-state index in [4.69, 9.17) is 4.74 Å². The second kappa shape index (κ2) is 9.09. The van der Waals surface area contributed by atoms with Gasteiger partial charge in [0.25, 0.3) is 5.91 Å². The van der Waals surface area contributed by atoms with Crippen molar-refractivity contribution in [3.05, 3.63) is 34.7 Å². The molecule has 3 rings (SSSR count). The molecule has 0 atom stereocenters. The van der Waals surface area contributed by atoms with Gasteiger partial charge in [0, 0.05) is 13.1 Å². The fourth-order valence-electron chi connectivity index (χ4n) is 2.97. The van der Waals surface area contributed by atoms with Crippen molar-refractivity contribution in [2.75, 3.05) is 19.7 Å². The van der Waals surface area contributed by atoms with Crippen LogP contribution in [0.1, 0.15) is 51.0 Å². The van der Waals surface area contributed by atoms with Gasteiger partial charge in [-0.25, -0.2) is 0 Å². The first kappa shape index (κ1) is 18.1. The Balaban J connectivity index is 1.57. The summed E-state index contributed by atoms with van der Waals surface area (Å²) in [6.45, 7) is 4.97. The predicted molar refractivity (Wildman–Crippen MR) is 105 cm³/mol. The van der Waals surface area contributed by atoms with E-state index in [1.807, 2.05) is 30.3 Å². The number of amides is 1. The Hall–Kier alpha value is -1.75. The Labute approximate surface area is 154 Å². The summed E-state index contributed by atoms with van der Waals surface area (Å²) in [5.74, 6) is 0.763. The highest BCUT2D eigenvalue weighted by Crippen LogP contribution is 2.31. The van der Waals surface area contributed by atoms with Crippen LogP contribution in [0.3, 0.4) is 0 Å². The standard InChI is InChI=1S/C20H26N2O2S/c1-2-3-7-14-24-17-10-8-16(9-11-17)15-18-19(23)21-20(25-18)22-12-5-4-6-13-22/h8-11,15H,2-7,12-14H2,1H3/b18-15-. The Kier molecular flexibility index (Phi) is 6.56. The summed E-state index contributed by atoms with van der Waals surface area (Å²) in [7, 11) is 0. The van der Waals surface area contributed by atoms with Crippen molar-refractivity contribution in [2.45, 2.75) is 45.4 Å². The maximum Gasteiger partial charge on any atom is 0.286 e. The lowest BCUT2D eigenvalue weighted by molar-refractivity contribution is -0.113. The van der Waals surface area contributed by atoms with Gasteiger partial charge in [0.2, 0.25) is 0 Å². The molecule has 2 heterocycles. The van der Waals surface area contributed by atoms with E-state index in [0.29, 0.717) is 4.91 Å². The van der Waals surface area contributed by atoms with Crippen LogP contribution in [-0.4, -0.2) is 35.7 Å². The van der Waals surface area contributed by atoms with Crippen LogP contribution >= 0.6 is 11.8 Å². The molecule has 1 aromatic rings. The van der Waals surface area contributed by atoms with E-state index in [2.05, 4.69) is 16.8 Å². The van der Waals surface area contributed by atoms with Gasteiger partial charge in [0.05, 0.1) is 11.5 Å². The molecular weight excluding hydrogens is 332 g/mol. The molecular formula is C20H26N2O2S. The molecule has 0 spiro atoms. The lowest BCUT2D eigenvalue weighted by Gasteiger charge is -2.27. The van der Waals surface area contributed by atoms with E-state index in [-0.39, 0.29) is 5.91 Å². The lowest BCUT2D eigenvalue weighted by Crippen LogP contribution is -2.33. The highest BCUT2D eigenvalue weighted by molar-refractivity contribution is 8.18. The maximum atomic E-state index is 12.2. The molecule has 0 radical (unpaired) electrons. The number of ether oxygens (including phenoxy) is 1. The first-order valence-electron chi connectivity index (χ1n) is 9.26. The minimum Gasteiger partial charge on any atom is -0.494 e. The number of piperidine rings is 1. The summed E-state index contributed by atoms with van der Waals surface area (Å²) >= 11 is 1.50. The fourth-order valence-corrected chi connectivity index (χ4v) is 3.94. The summed E-state index contributed by atoms with van der Waals surface area (Å²) in [5, 5.41) is 0.867. The summed E-state index contributed by atoms with van der Waals surface area (Å²) < 4.78 is 5.73. The average molecular weight is 359 g/mol. The summed E-state index contributed by atoms with van der Waals surface area (Å²) in [4.78, 5) is 19.4. The van der Waals surface area contributed by atoms with Crippen molar-refractivity contribution in [1.29, 1.82) is 0 Å². The third kappa shape index (κ3) is 5.11. The van der Waals surface area contributed by atoms with Gasteiger partial charge in [-0.3, -0.25) is 4.79 Å². The quantitative estimate of drug-likeness (QED) is 0.545. The number of nitrogens with zero attached hydrogens (tertiary/aromatic N) is 2. The van der Waals surface area contributed by atoms with Crippen LogP contribution in [0, 0.1) is 0 Å². The molecule has 1 amide bonds. The molecule has 5 heteroatoms. The Bertz CT molecular complexity index is 646. The summed E-state index contributed by atoms with van der Waals surface area (Å²) in [6, 6.07) is 7.92. The van der Waals surface area contributed by atoms with Gasteiger partial charge < -0.3 is 9.64 Å². The molecule has 0 N–H and O–H groups in total. The van der Waals surface area contributed by atoms with Crippen LogP contribution in [-0.2, 0) is 4.79 Å². The minimum absolute atomic E-state index is 0.120. The van der Waals surface area contributed by atoms with Gasteiger partial charge in [-0.1, -0.05) is 31.9 Å². The van der Waals surface area contributed by atoms with Crippen molar-refractivity contribution < 1.29 is 9.53 Å². The van der Waals surface area contributed by atoms with Crippen LogP contribution in [0.5, 0.6) is 5.75 Å². The van der Waals surface area contributed by atoms with E-state index in [1.54, 1.807) is 0 Å². The SMILES string of the molecule is CCCCCOc1ccc(/C=C2\SC(N3CCCCC3)=NC2=O)cc1. The van der Waals surface area contributed by atoms with Gasteiger partial charge in [0.15, 0.2) is 5.17 Å². The number of likely N-dealkylation sites (tertiary alicyclic amines) is 1. The van der Waals surface area contributed by atoms with Crippen molar-refractivity contribution in [1.82, 2.24) is 4.90 Å². The Morgan fingerprint density at radius 2 is 1.92 bits per heavy atom. The fraction of sp³-hybridized carbons (Fsp3) is 0.500. The number of thioether (sulfide) groups is 1. The van der Waals surface area contributed by atoms with Crippen molar-refractivity contribution in [2.24, 2.45) is 4.99 Å². The number of hydrogen-bond donors (Lipinski definition) is 0. The molecule has 0 bridgehead atoms. The highest BCUT2D eigenvalue weighted by atomic mass is 32.2. The third-order valence-electron chi connectivity index (χ3n) is 4.43. The van der Waals surface area contributed by atoms with Gasteiger partial charge >= 0.3 is 0 Å². The van der Waals surface area contributed by atoms with Crippen LogP contribution < -0.4 is 4.74 Å². The van der Waals surface area contributed by atoms with Gasteiger partial charge in [-0.05, 0) is 61.2 Å². The minimum atomic E-state index is -0.120. The number of carbonyl (C=O) groups excluding carboxylic acids is 1. The zero-order valence-corrected chi connectivity index (χ0v) is 15.7. The van der Waals surface area contributed by atoms with E-state index >= 15 is 0 Å². The largest absolute Gasteiger partial charge is 0.494 e. The second-order valence-electron chi connectivity index (χ2n) is 6.48. The molecule has 134 valence electrons. The molecule has 0 aromatic heterocycles. The van der Waals surface area contributed by atoms with Crippen LogP contribution in [0.4, 0.5) is 0 Å². The number of benzene rings is 1. The predicted octanol–water partition coefficient (Wildman–Crippen LogP) is 4.71. The van der Waals surface area contributed by atoms with Crippen molar-refractivity contribution >= 4 is 28.9 Å². The normalized spacial score (nSPS) is 19.4. The van der Waals surface area contributed by atoms with Gasteiger partial charge in [0.1, 0.15) is 5.75 Å². The number of unbranched alkanes of at least 4 members (excludes halogenated alkanes) is 2. The second-order valence-corrected chi connectivity index (χ2v) is 7.49. The van der Waals surface area contributed by atoms with E-state index in [0.717, 1.165) is 42.6 Å². The maximum absolute atomic E-state index is 12.2. The molecule has 4 nitrogen and oxygen atoms in total. The first-order chi connectivity index (χ1) is 12.3. The number of hydrogen-bond acceptors (Lipinski definition) is 4. The van der Waals surface area contributed by atoms with Gasteiger partial charge in [-0.2, -0.15) is 4.99 Å². The first-order valence-corrected chi connectivity index (χ1v) is 10.1. The number of carbonyl (C=O) groups is 1. The lowest BCUT2D eigenvalue weighted by atomic mass is 10.1. The average Bonchev–Trinajstić information content (AvgIpc) is 3.01. The molecule has 0 saturated carbocycles. The number of rotatable bonds is 6. The van der Waals surface area contributed by atoms with E-state index in [1.165, 1.54) is 43.9 Å². The van der Waals surface area contributed by atoms with Crippen molar-refractivity contribution in [3.63, 3.8) is 0 Å².